The van der Waals surface area contributed by atoms with E-state index in [1.54, 1.807) is 31.2 Å². The molecule has 0 saturated carbocycles. The average Bonchev–Trinajstić information content (AvgIpc) is 2.37. The highest BCUT2D eigenvalue weighted by Crippen LogP contribution is 2.22. The van der Waals surface area contributed by atoms with E-state index in [4.69, 9.17) is 5.26 Å². The van der Waals surface area contributed by atoms with Gasteiger partial charge in [0.2, 0.25) is 0 Å². The molecular weight excluding hydrogens is 250 g/mol. The Bertz CT molecular complexity index is 559. The monoisotopic (exact) mass is 271 g/mol. The Morgan fingerprint density at radius 2 is 2.10 bits per heavy atom. The predicted octanol–water partition coefficient (Wildman–Crippen LogP) is 3.77. The molecule has 0 radical (unpaired) electrons. The SMILES string of the molecule is CC(C)=CCC[C@](C)(O)/C=C/c1cc(C#N)ccc1O. The van der Waals surface area contributed by atoms with Crippen LogP contribution in [0.3, 0.4) is 0 Å². The van der Waals surface area contributed by atoms with Gasteiger partial charge in [0.15, 0.2) is 0 Å². The molecule has 0 amide bonds. The summed E-state index contributed by atoms with van der Waals surface area (Å²) in [6, 6.07) is 6.66. The van der Waals surface area contributed by atoms with Crippen LogP contribution in [-0.4, -0.2) is 15.8 Å². The summed E-state index contributed by atoms with van der Waals surface area (Å²) in [5, 5.41) is 28.8. The van der Waals surface area contributed by atoms with E-state index in [9.17, 15) is 10.2 Å². The number of nitriles is 1. The van der Waals surface area contributed by atoms with Crippen LogP contribution in [0.1, 0.15) is 44.7 Å². The van der Waals surface area contributed by atoms with Gasteiger partial charge in [0, 0.05) is 5.56 Å². The summed E-state index contributed by atoms with van der Waals surface area (Å²) in [5.41, 5.74) is 1.29. The molecule has 0 bridgehead atoms. The van der Waals surface area contributed by atoms with Crippen molar-refractivity contribution in [2.24, 2.45) is 0 Å². The zero-order valence-corrected chi connectivity index (χ0v) is 12.2. The van der Waals surface area contributed by atoms with Gasteiger partial charge in [-0.2, -0.15) is 5.26 Å². The zero-order chi connectivity index (χ0) is 15.2. The molecule has 0 aliphatic carbocycles. The summed E-state index contributed by atoms with van der Waals surface area (Å²) in [6.07, 6.45) is 6.79. The van der Waals surface area contributed by atoms with Crippen LogP contribution in [0.4, 0.5) is 0 Å². The van der Waals surface area contributed by atoms with Gasteiger partial charge in [-0.15, -0.1) is 0 Å². The molecule has 3 heteroatoms. The smallest absolute Gasteiger partial charge is 0.122 e. The highest BCUT2D eigenvalue weighted by atomic mass is 16.3. The molecule has 0 saturated heterocycles. The number of benzene rings is 1. The van der Waals surface area contributed by atoms with Gasteiger partial charge >= 0.3 is 0 Å². The quantitative estimate of drug-likeness (QED) is 0.801. The molecular formula is C17H21NO2. The largest absolute Gasteiger partial charge is 0.507 e. The Labute approximate surface area is 120 Å². The molecule has 0 fully saturated rings. The van der Waals surface area contributed by atoms with E-state index in [1.165, 1.54) is 11.6 Å². The van der Waals surface area contributed by atoms with E-state index in [0.29, 0.717) is 17.5 Å². The van der Waals surface area contributed by atoms with Crippen LogP contribution in [0.2, 0.25) is 0 Å². The van der Waals surface area contributed by atoms with Gasteiger partial charge in [0.05, 0.1) is 17.2 Å². The first-order valence-corrected chi connectivity index (χ1v) is 6.62. The lowest BCUT2D eigenvalue weighted by Gasteiger charge is -2.18. The number of hydrogen-bond acceptors (Lipinski definition) is 3. The minimum atomic E-state index is -0.943. The molecule has 0 unspecified atom stereocenters. The Kier molecular flexibility index (Phi) is 5.54. The van der Waals surface area contributed by atoms with Crippen molar-refractivity contribution >= 4 is 6.08 Å². The van der Waals surface area contributed by atoms with Crippen LogP contribution >= 0.6 is 0 Å². The normalized spacial score (nSPS) is 13.8. The average molecular weight is 271 g/mol. The topological polar surface area (TPSA) is 64.2 Å². The third-order valence-corrected chi connectivity index (χ3v) is 2.98. The van der Waals surface area contributed by atoms with Crippen LogP contribution in [0, 0.1) is 11.3 Å². The molecule has 106 valence electrons. The molecule has 2 N–H and O–H groups in total. The van der Waals surface area contributed by atoms with E-state index in [0.717, 1.165) is 6.42 Å². The fourth-order valence-corrected chi connectivity index (χ4v) is 1.76. The number of hydrogen-bond donors (Lipinski definition) is 2. The number of rotatable bonds is 5. The Morgan fingerprint density at radius 1 is 1.40 bits per heavy atom. The fraction of sp³-hybridized carbons (Fsp3) is 0.353. The van der Waals surface area contributed by atoms with Crippen molar-refractivity contribution in [2.75, 3.05) is 0 Å². The molecule has 0 aliphatic heterocycles. The molecule has 1 rings (SSSR count). The van der Waals surface area contributed by atoms with E-state index in [-0.39, 0.29) is 5.75 Å². The van der Waals surface area contributed by atoms with Crippen molar-refractivity contribution in [2.45, 2.75) is 39.2 Å². The minimum Gasteiger partial charge on any atom is -0.507 e. The minimum absolute atomic E-state index is 0.0975. The van der Waals surface area contributed by atoms with Crippen molar-refractivity contribution in [1.29, 1.82) is 5.26 Å². The van der Waals surface area contributed by atoms with Crippen LogP contribution in [-0.2, 0) is 0 Å². The van der Waals surface area contributed by atoms with Gasteiger partial charge in [0.25, 0.3) is 0 Å². The first-order chi connectivity index (χ1) is 9.34. The van der Waals surface area contributed by atoms with Gasteiger partial charge in [-0.3, -0.25) is 0 Å². The number of allylic oxidation sites excluding steroid dienone is 2. The van der Waals surface area contributed by atoms with Gasteiger partial charge in [-0.05, 0) is 51.8 Å². The number of phenols is 1. The number of nitrogens with zero attached hydrogens (tertiary/aromatic N) is 1. The summed E-state index contributed by atoms with van der Waals surface area (Å²) in [4.78, 5) is 0. The number of phenolic OH excluding ortho intramolecular Hbond substituents is 1. The predicted molar refractivity (Wildman–Crippen MR) is 81.1 cm³/mol. The molecule has 1 aromatic rings. The van der Waals surface area contributed by atoms with Crippen molar-refractivity contribution in [3.8, 4) is 11.8 Å². The lowest BCUT2D eigenvalue weighted by molar-refractivity contribution is 0.104. The second-order valence-electron chi connectivity index (χ2n) is 5.40. The van der Waals surface area contributed by atoms with Crippen molar-refractivity contribution in [3.05, 3.63) is 47.1 Å². The maximum atomic E-state index is 10.2. The molecule has 1 aromatic carbocycles. The molecule has 3 nitrogen and oxygen atoms in total. The van der Waals surface area contributed by atoms with Gasteiger partial charge in [-0.25, -0.2) is 0 Å². The second kappa shape index (κ2) is 6.93. The molecule has 0 aliphatic rings. The van der Waals surface area contributed by atoms with E-state index in [2.05, 4.69) is 6.08 Å². The first-order valence-electron chi connectivity index (χ1n) is 6.62. The number of aromatic hydroxyl groups is 1. The van der Waals surface area contributed by atoms with Gasteiger partial charge < -0.3 is 10.2 Å². The summed E-state index contributed by atoms with van der Waals surface area (Å²) < 4.78 is 0. The first kappa shape index (κ1) is 16.0. The highest BCUT2D eigenvalue weighted by Gasteiger charge is 2.15. The summed E-state index contributed by atoms with van der Waals surface area (Å²) in [5.74, 6) is 0.0975. The third-order valence-electron chi connectivity index (χ3n) is 2.98. The van der Waals surface area contributed by atoms with E-state index >= 15 is 0 Å². The van der Waals surface area contributed by atoms with Crippen LogP contribution < -0.4 is 0 Å². The highest BCUT2D eigenvalue weighted by molar-refractivity contribution is 5.60. The maximum absolute atomic E-state index is 10.2. The van der Waals surface area contributed by atoms with E-state index in [1.807, 2.05) is 19.9 Å². The maximum Gasteiger partial charge on any atom is 0.122 e. The lowest BCUT2D eigenvalue weighted by Crippen LogP contribution is -2.19. The van der Waals surface area contributed by atoms with Crippen LogP contribution in [0.15, 0.2) is 35.9 Å². The summed E-state index contributed by atoms with van der Waals surface area (Å²) in [6.45, 7) is 5.78. The fourth-order valence-electron chi connectivity index (χ4n) is 1.76. The molecule has 1 atom stereocenters. The Hall–Kier alpha value is -2.05. The molecule has 0 spiro atoms. The van der Waals surface area contributed by atoms with Crippen molar-refractivity contribution in [1.82, 2.24) is 0 Å². The van der Waals surface area contributed by atoms with Crippen molar-refractivity contribution in [3.63, 3.8) is 0 Å². The lowest BCUT2D eigenvalue weighted by atomic mass is 9.97. The summed E-state index contributed by atoms with van der Waals surface area (Å²) in [7, 11) is 0. The molecule has 0 heterocycles. The zero-order valence-electron chi connectivity index (χ0n) is 12.2. The third kappa shape index (κ3) is 5.29. The van der Waals surface area contributed by atoms with E-state index < -0.39 is 5.60 Å². The molecule has 0 aromatic heterocycles. The van der Waals surface area contributed by atoms with Gasteiger partial charge in [-0.1, -0.05) is 23.8 Å². The van der Waals surface area contributed by atoms with Gasteiger partial charge in [0.1, 0.15) is 5.75 Å². The Balaban J connectivity index is 2.80. The Morgan fingerprint density at radius 3 is 2.70 bits per heavy atom. The van der Waals surface area contributed by atoms with Crippen molar-refractivity contribution < 1.29 is 10.2 Å². The van der Waals surface area contributed by atoms with Crippen LogP contribution in [0.25, 0.3) is 6.08 Å². The van der Waals surface area contributed by atoms with Crippen LogP contribution in [0.5, 0.6) is 5.75 Å². The standard InChI is InChI=1S/C17H21NO2/c1-13(2)5-4-9-17(3,20)10-8-15-11-14(12-18)6-7-16(15)19/h5-8,10-11,19-20H,4,9H2,1-3H3/b10-8+/t17-/m0/s1. The summed E-state index contributed by atoms with van der Waals surface area (Å²) >= 11 is 0. The molecule has 20 heavy (non-hydrogen) atoms. The second-order valence-corrected chi connectivity index (χ2v) is 5.40. The number of aliphatic hydroxyl groups is 1.